The number of hydrogen-bond donors (Lipinski definition) is 1. The molecule has 0 bridgehead atoms. The van der Waals surface area contributed by atoms with Crippen molar-refractivity contribution in [1.82, 2.24) is 9.78 Å². The summed E-state index contributed by atoms with van der Waals surface area (Å²) in [5, 5.41) is 4.20. The second kappa shape index (κ2) is 3.61. The molecule has 1 heterocycles. The lowest BCUT2D eigenvalue weighted by Crippen LogP contribution is -2.11. The van der Waals surface area contributed by atoms with Gasteiger partial charge in [-0.25, -0.2) is 8.42 Å². The number of nitrogens with zero attached hydrogens (tertiary/aromatic N) is 2. The maximum atomic E-state index is 11.1. The molecule has 14 heavy (non-hydrogen) atoms. The van der Waals surface area contributed by atoms with Gasteiger partial charge >= 0.3 is 0 Å². The number of hydrogen-bond acceptors (Lipinski definition) is 3. The normalized spacial score (nSPS) is 11.7. The highest BCUT2D eigenvalue weighted by Crippen LogP contribution is 2.19. The Kier molecular flexibility index (Phi) is 2.84. The van der Waals surface area contributed by atoms with Crippen molar-refractivity contribution in [3.8, 4) is 0 Å². The van der Waals surface area contributed by atoms with E-state index in [9.17, 15) is 8.42 Å². The summed E-state index contributed by atoms with van der Waals surface area (Å²) in [7, 11) is -3.22. The van der Waals surface area contributed by atoms with Gasteiger partial charge in [-0.2, -0.15) is 5.10 Å². The molecule has 0 saturated heterocycles. The largest absolute Gasteiger partial charge is 0.280 e. The summed E-state index contributed by atoms with van der Waals surface area (Å²) in [5.74, 6) is 0. The molecule has 1 rings (SSSR count). The van der Waals surface area contributed by atoms with Crippen molar-refractivity contribution >= 4 is 15.7 Å². The molecule has 0 atom stereocenters. The van der Waals surface area contributed by atoms with E-state index >= 15 is 0 Å². The molecule has 0 unspecified atom stereocenters. The van der Waals surface area contributed by atoms with Gasteiger partial charge in [-0.3, -0.25) is 9.40 Å². The maximum Gasteiger partial charge on any atom is 0.229 e. The van der Waals surface area contributed by atoms with Crippen LogP contribution >= 0.6 is 0 Å². The minimum atomic E-state index is -3.22. The van der Waals surface area contributed by atoms with E-state index in [4.69, 9.17) is 0 Å². The number of sulfonamides is 1. The third kappa shape index (κ3) is 2.25. The molecule has 0 aromatic carbocycles. The van der Waals surface area contributed by atoms with Gasteiger partial charge in [-0.1, -0.05) is 0 Å². The number of aryl methyl sites for hydroxylation is 2. The van der Waals surface area contributed by atoms with E-state index in [2.05, 4.69) is 9.82 Å². The Morgan fingerprint density at radius 2 is 2.00 bits per heavy atom. The highest BCUT2D eigenvalue weighted by atomic mass is 32.2. The van der Waals surface area contributed by atoms with Gasteiger partial charge in [-0.15, -0.1) is 0 Å². The fourth-order valence-electron chi connectivity index (χ4n) is 1.34. The summed E-state index contributed by atoms with van der Waals surface area (Å²) in [4.78, 5) is 0. The Morgan fingerprint density at radius 1 is 1.43 bits per heavy atom. The van der Waals surface area contributed by atoms with Gasteiger partial charge in [0.05, 0.1) is 23.3 Å². The summed E-state index contributed by atoms with van der Waals surface area (Å²) < 4.78 is 26.3. The first-order valence-corrected chi connectivity index (χ1v) is 6.26. The summed E-state index contributed by atoms with van der Waals surface area (Å²) in [6.07, 6.45) is 1.13. The average Bonchev–Trinajstić information content (AvgIpc) is 2.29. The van der Waals surface area contributed by atoms with Gasteiger partial charge in [0, 0.05) is 6.54 Å². The van der Waals surface area contributed by atoms with Crippen molar-refractivity contribution < 1.29 is 8.42 Å². The van der Waals surface area contributed by atoms with Gasteiger partial charge in [0.1, 0.15) is 0 Å². The SMILES string of the molecule is CCn1nc(C)c(NS(C)(=O)=O)c1C. The van der Waals surface area contributed by atoms with Crippen molar-refractivity contribution in [3.63, 3.8) is 0 Å². The zero-order valence-electron chi connectivity index (χ0n) is 8.83. The lowest BCUT2D eigenvalue weighted by Gasteiger charge is -2.04. The van der Waals surface area contributed by atoms with E-state index in [-0.39, 0.29) is 0 Å². The van der Waals surface area contributed by atoms with Crippen LogP contribution in [0.5, 0.6) is 0 Å². The first kappa shape index (κ1) is 11.0. The van der Waals surface area contributed by atoms with Crippen LogP contribution in [-0.4, -0.2) is 24.5 Å². The monoisotopic (exact) mass is 217 g/mol. The molecule has 0 aliphatic rings. The molecule has 1 N–H and O–H groups in total. The van der Waals surface area contributed by atoms with E-state index in [0.29, 0.717) is 11.4 Å². The quantitative estimate of drug-likeness (QED) is 0.817. The van der Waals surface area contributed by atoms with Crippen LogP contribution in [0.3, 0.4) is 0 Å². The third-order valence-corrected chi connectivity index (χ3v) is 2.54. The summed E-state index contributed by atoms with van der Waals surface area (Å²) in [6, 6.07) is 0. The first-order chi connectivity index (χ1) is 6.35. The summed E-state index contributed by atoms with van der Waals surface area (Å²) >= 11 is 0. The van der Waals surface area contributed by atoms with Crippen LogP contribution in [0.2, 0.25) is 0 Å². The van der Waals surface area contributed by atoms with Crippen LogP contribution in [-0.2, 0) is 16.6 Å². The molecule has 0 saturated carbocycles. The lowest BCUT2D eigenvalue weighted by atomic mass is 10.3. The van der Waals surface area contributed by atoms with Crippen LogP contribution in [0.25, 0.3) is 0 Å². The molecule has 1 aromatic rings. The molecule has 0 radical (unpaired) electrons. The van der Waals surface area contributed by atoms with Crippen LogP contribution < -0.4 is 4.72 Å². The molecular weight excluding hydrogens is 202 g/mol. The van der Waals surface area contributed by atoms with E-state index in [0.717, 1.165) is 18.5 Å². The van der Waals surface area contributed by atoms with Crippen molar-refractivity contribution in [2.45, 2.75) is 27.3 Å². The predicted octanol–water partition coefficient (Wildman–Crippen LogP) is 0.891. The Bertz CT molecular complexity index is 434. The molecular formula is C8H15N3O2S. The standard InChI is InChI=1S/C8H15N3O2S/c1-5-11-7(3)8(6(2)9-11)10-14(4,12)13/h10H,5H2,1-4H3. The molecule has 0 aliphatic heterocycles. The molecule has 0 aliphatic carbocycles. The molecule has 5 nitrogen and oxygen atoms in total. The molecule has 0 amide bonds. The minimum absolute atomic E-state index is 0.592. The molecule has 1 aromatic heterocycles. The predicted molar refractivity (Wildman–Crippen MR) is 55.8 cm³/mol. The van der Waals surface area contributed by atoms with E-state index in [1.165, 1.54) is 0 Å². The van der Waals surface area contributed by atoms with E-state index in [1.807, 2.05) is 13.8 Å². The van der Waals surface area contributed by atoms with Gasteiger partial charge in [0.2, 0.25) is 10.0 Å². The molecule has 0 spiro atoms. The Hall–Kier alpha value is -1.04. The van der Waals surface area contributed by atoms with Crippen LogP contribution in [0.1, 0.15) is 18.3 Å². The number of rotatable bonds is 3. The molecule has 0 fully saturated rings. The second-order valence-corrected chi connectivity index (χ2v) is 4.98. The molecule has 6 heteroatoms. The fraction of sp³-hybridized carbons (Fsp3) is 0.625. The highest BCUT2D eigenvalue weighted by Gasteiger charge is 2.13. The van der Waals surface area contributed by atoms with Gasteiger partial charge in [-0.05, 0) is 20.8 Å². The molecule has 80 valence electrons. The topological polar surface area (TPSA) is 64.0 Å². The highest BCUT2D eigenvalue weighted by molar-refractivity contribution is 7.92. The van der Waals surface area contributed by atoms with Gasteiger partial charge in [0.25, 0.3) is 0 Å². The zero-order chi connectivity index (χ0) is 10.9. The maximum absolute atomic E-state index is 11.1. The van der Waals surface area contributed by atoms with Crippen LogP contribution in [0.15, 0.2) is 0 Å². The van der Waals surface area contributed by atoms with Crippen molar-refractivity contribution in [2.75, 3.05) is 11.0 Å². The Balaban J connectivity index is 3.15. The van der Waals surface area contributed by atoms with Crippen molar-refractivity contribution in [3.05, 3.63) is 11.4 Å². The first-order valence-electron chi connectivity index (χ1n) is 4.37. The number of aromatic nitrogens is 2. The van der Waals surface area contributed by atoms with Crippen LogP contribution in [0.4, 0.5) is 5.69 Å². The minimum Gasteiger partial charge on any atom is -0.280 e. The Labute approximate surface area is 84.2 Å². The lowest BCUT2D eigenvalue weighted by molar-refractivity contribution is 0.606. The van der Waals surface area contributed by atoms with E-state index < -0.39 is 10.0 Å². The summed E-state index contributed by atoms with van der Waals surface area (Å²) in [6.45, 7) is 6.32. The summed E-state index contributed by atoms with van der Waals surface area (Å²) in [5.41, 5.74) is 2.14. The zero-order valence-corrected chi connectivity index (χ0v) is 9.64. The number of nitrogens with one attached hydrogen (secondary N) is 1. The van der Waals surface area contributed by atoms with E-state index in [1.54, 1.807) is 11.6 Å². The third-order valence-electron chi connectivity index (χ3n) is 1.97. The number of anilines is 1. The van der Waals surface area contributed by atoms with Crippen molar-refractivity contribution in [2.24, 2.45) is 0 Å². The smallest absolute Gasteiger partial charge is 0.229 e. The van der Waals surface area contributed by atoms with Gasteiger partial charge in [0.15, 0.2) is 0 Å². The van der Waals surface area contributed by atoms with Crippen LogP contribution in [0, 0.1) is 13.8 Å². The van der Waals surface area contributed by atoms with Crippen molar-refractivity contribution in [1.29, 1.82) is 0 Å². The van der Waals surface area contributed by atoms with Gasteiger partial charge < -0.3 is 0 Å². The Morgan fingerprint density at radius 3 is 2.36 bits per heavy atom. The average molecular weight is 217 g/mol. The fourth-order valence-corrected chi connectivity index (χ4v) is 2.00. The second-order valence-electron chi connectivity index (χ2n) is 3.24.